The Kier molecular flexibility index (Phi) is 3.97. The lowest BCUT2D eigenvalue weighted by Crippen LogP contribution is -2.14. The molecule has 0 amide bonds. The van der Waals surface area contributed by atoms with Gasteiger partial charge in [-0.3, -0.25) is 0 Å². The van der Waals surface area contributed by atoms with E-state index in [0.717, 1.165) is 11.4 Å². The van der Waals surface area contributed by atoms with Crippen molar-refractivity contribution in [3.05, 3.63) is 47.3 Å². The Balaban J connectivity index is 2.02. The van der Waals surface area contributed by atoms with Crippen molar-refractivity contribution >= 4 is 5.95 Å². The SMILES string of the molecule is Cc1cc(C)nc(NCC(O)c2cccc(O)c2)n1. The lowest BCUT2D eigenvalue weighted by Gasteiger charge is -2.13. The Bertz CT molecular complexity index is 552. The number of nitrogens with one attached hydrogen (secondary N) is 1. The van der Waals surface area contributed by atoms with Gasteiger partial charge in [-0.15, -0.1) is 0 Å². The van der Waals surface area contributed by atoms with E-state index in [1.165, 1.54) is 6.07 Å². The van der Waals surface area contributed by atoms with Crippen molar-refractivity contribution in [3.63, 3.8) is 0 Å². The first-order valence-electron chi connectivity index (χ1n) is 6.08. The fourth-order valence-electron chi connectivity index (χ4n) is 1.84. The second kappa shape index (κ2) is 5.67. The molecule has 0 fully saturated rings. The molecule has 1 heterocycles. The molecule has 3 N–H and O–H groups in total. The zero-order valence-corrected chi connectivity index (χ0v) is 11.0. The molecule has 19 heavy (non-hydrogen) atoms. The van der Waals surface area contributed by atoms with Crippen LogP contribution in [-0.4, -0.2) is 26.7 Å². The first-order valence-corrected chi connectivity index (χ1v) is 6.08. The summed E-state index contributed by atoms with van der Waals surface area (Å²) in [5, 5.41) is 22.4. The third-order valence-electron chi connectivity index (χ3n) is 2.69. The van der Waals surface area contributed by atoms with Crippen molar-refractivity contribution in [1.82, 2.24) is 9.97 Å². The van der Waals surface area contributed by atoms with Gasteiger partial charge in [0.05, 0.1) is 6.10 Å². The van der Waals surface area contributed by atoms with E-state index in [0.29, 0.717) is 11.5 Å². The Morgan fingerprint density at radius 3 is 2.47 bits per heavy atom. The van der Waals surface area contributed by atoms with E-state index < -0.39 is 6.10 Å². The second-order valence-corrected chi connectivity index (χ2v) is 4.47. The molecule has 0 saturated carbocycles. The molecule has 2 rings (SSSR count). The normalized spacial score (nSPS) is 12.2. The fourth-order valence-corrected chi connectivity index (χ4v) is 1.84. The van der Waals surface area contributed by atoms with Gasteiger partial charge in [-0.1, -0.05) is 12.1 Å². The van der Waals surface area contributed by atoms with E-state index in [9.17, 15) is 10.2 Å². The number of nitrogens with zero attached hydrogens (tertiary/aromatic N) is 2. The first-order chi connectivity index (χ1) is 9.04. The van der Waals surface area contributed by atoms with Crippen LogP contribution in [0, 0.1) is 13.8 Å². The summed E-state index contributed by atoms with van der Waals surface area (Å²) < 4.78 is 0. The third kappa shape index (κ3) is 3.66. The van der Waals surface area contributed by atoms with Gasteiger partial charge in [0.15, 0.2) is 0 Å². The van der Waals surface area contributed by atoms with Crippen molar-refractivity contribution in [2.75, 3.05) is 11.9 Å². The number of phenols is 1. The molecular weight excluding hydrogens is 242 g/mol. The predicted molar refractivity (Wildman–Crippen MR) is 73.1 cm³/mol. The highest BCUT2D eigenvalue weighted by Crippen LogP contribution is 2.18. The Morgan fingerprint density at radius 1 is 1.16 bits per heavy atom. The molecule has 0 aliphatic rings. The molecule has 100 valence electrons. The molecule has 0 bridgehead atoms. The minimum absolute atomic E-state index is 0.138. The van der Waals surface area contributed by atoms with Gasteiger partial charge in [0.2, 0.25) is 5.95 Å². The van der Waals surface area contributed by atoms with Gasteiger partial charge in [0, 0.05) is 17.9 Å². The summed E-state index contributed by atoms with van der Waals surface area (Å²) in [5.74, 6) is 0.635. The summed E-state index contributed by atoms with van der Waals surface area (Å²) in [5.41, 5.74) is 2.40. The average molecular weight is 259 g/mol. The van der Waals surface area contributed by atoms with Gasteiger partial charge in [-0.25, -0.2) is 9.97 Å². The number of phenolic OH excluding ortho intramolecular Hbond substituents is 1. The number of aromatic nitrogens is 2. The minimum atomic E-state index is -0.725. The number of aryl methyl sites for hydroxylation is 2. The second-order valence-electron chi connectivity index (χ2n) is 4.47. The van der Waals surface area contributed by atoms with Crippen molar-refractivity contribution < 1.29 is 10.2 Å². The van der Waals surface area contributed by atoms with E-state index >= 15 is 0 Å². The molecule has 0 aliphatic heterocycles. The number of benzene rings is 1. The molecule has 0 radical (unpaired) electrons. The van der Waals surface area contributed by atoms with Crippen molar-refractivity contribution in [2.45, 2.75) is 20.0 Å². The van der Waals surface area contributed by atoms with E-state index in [4.69, 9.17) is 0 Å². The van der Waals surface area contributed by atoms with Crippen LogP contribution in [0.1, 0.15) is 23.1 Å². The van der Waals surface area contributed by atoms with Gasteiger partial charge < -0.3 is 15.5 Å². The van der Waals surface area contributed by atoms with Crippen molar-refractivity contribution in [3.8, 4) is 5.75 Å². The van der Waals surface area contributed by atoms with Crippen LogP contribution in [0.5, 0.6) is 5.75 Å². The summed E-state index contributed by atoms with van der Waals surface area (Å²) in [4.78, 5) is 8.47. The third-order valence-corrected chi connectivity index (χ3v) is 2.69. The quantitative estimate of drug-likeness (QED) is 0.782. The van der Waals surface area contributed by atoms with Crippen LogP contribution >= 0.6 is 0 Å². The van der Waals surface area contributed by atoms with E-state index in [1.807, 2.05) is 19.9 Å². The zero-order valence-electron chi connectivity index (χ0n) is 11.0. The molecule has 5 heteroatoms. The van der Waals surface area contributed by atoms with Crippen LogP contribution in [-0.2, 0) is 0 Å². The molecule has 0 spiro atoms. The van der Waals surface area contributed by atoms with Gasteiger partial charge in [0.25, 0.3) is 0 Å². The largest absolute Gasteiger partial charge is 0.508 e. The standard InChI is InChI=1S/C14H17N3O2/c1-9-6-10(2)17-14(16-9)15-8-13(19)11-4-3-5-12(18)7-11/h3-7,13,18-19H,8H2,1-2H3,(H,15,16,17). The molecule has 1 atom stereocenters. The summed E-state index contributed by atoms with van der Waals surface area (Å²) in [6.07, 6.45) is -0.725. The number of hydrogen-bond acceptors (Lipinski definition) is 5. The molecule has 1 unspecified atom stereocenters. The van der Waals surface area contributed by atoms with Gasteiger partial charge in [-0.05, 0) is 37.6 Å². The summed E-state index contributed by atoms with van der Waals surface area (Å²) >= 11 is 0. The van der Waals surface area contributed by atoms with Crippen LogP contribution < -0.4 is 5.32 Å². The number of anilines is 1. The van der Waals surface area contributed by atoms with Crippen LogP contribution in [0.4, 0.5) is 5.95 Å². The topological polar surface area (TPSA) is 78.3 Å². The molecule has 2 aromatic rings. The van der Waals surface area contributed by atoms with Crippen LogP contribution in [0.25, 0.3) is 0 Å². The molecule has 0 saturated heterocycles. The van der Waals surface area contributed by atoms with Gasteiger partial charge in [-0.2, -0.15) is 0 Å². The number of aliphatic hydroxyl groups excluding tert-OH is 1. The monoisotopic (exact) mass is 259 g/mol. The smallest absolute Gasteiger partial charge is 0.223 e. The highest BCUT2D eigenvalue weighted by Gasteiger charge is 2.09. The first kappa shape index (κ1) is 13.3. The molecular formula is C14H17N3O2. The number of rotatable bonds is 4. The molecule has 5 nitrogen and oxygen atoms in total. The maximum absolute atomic E-state index is 10.0. The van der Waals surface area contributed by atoms with Gasteiger partial charge >= 0.3 is 0 Å². The highest BCUT2D eigenvalue weighted by molar-refractivity contribution is 5.31. The van der Waals surface area contributed by atoms with Crippen LogP contribution in [0.3, 0.4) is 0 Å². The zero-order chi connectivity index (χ0) is 13.8. The Morgan fingerprint density at radius 2 is 1.84 bits per heavy atom. The van der Waals surface area contributed by atoms with E-state index in [1.54, 1.807) is 18.2 Å². The fraction of sp³-hybridized carbons (Fsp3) is 0.286. The Hall–Kier alpha value is -2.14. The molecule has 1 aromatic heterocycles. The van der Waals surface area contributed by atoms with Gasteiger partial charge in [0.1, 0.15) is 5.75 Å². The van der Waals surface area contributed by atoms with Crippen LogP contribution in [0.2, 0.25) is 0 Å². The number of aliphatic hydroxyl groups is 1. The summed E-state index contributed by atoms with van der Waals surface area (Å²) in [6.45, 7) is 4.07. The number of hydrogen-bond donors (Lipinski definition) is 3. The lowest BCUT2D eigenvalue weighted by molar-refractivity contribution is 0.191. The van der Waals surface area contributed by atoms with Crippen molar-refractivity contribution in [1.29, 1.82) is 0 Å². The average Bonchev–Trinajstić information content (AvgIpc) is 2.35. The predicted octanol–water partition coefficient (Wildman–Crippen LogP) is 1.94. The van der Waals surface area contributed by atoms with Crippen molar-refractivity contribution in [2.24, 2.45) is 0 Å². The van der Waals surface area contributed by atoms with E-state index in [-0.39, 0.29) is 12.3 Å². The summed E-state index contributed by atoms with van der Waals surface area (Å²) in [6, 6.07) is 8.44. The van der Waals surface area contributed by atoms with Crippen LogP contribution in [0.15, 0.2) is 30.3 Å². The lowest BCUT2D eigenvalue weighted by atomic mass is 10.1. The molecule has 0 aliphatic carbocycles. The van der Waals surface area contributed by atoms with E-state index in [2.05, 4.69) is 15.3 Å². The number of aromatic hydroxyl groups is 1. The highest BCUT2D eigenvalue weighted by atomic mass is 16.3. The maximum atomic E-state index is 10.0. The molecule has 1 aromatic carbocycles. The minimum Gasteiger partial charge on any atom is -0.508 e. The summed E-state index contributed by atoms with van der Waals surface area (Å²) in [7, 11) is 0. The maximum Gasteiger partial charge on any atom is 0.223 e. The Labute approximate surface area is 112 Å².